The highest BCUT2D eigenvalue weighted by Gasteiger charge is 2.03. The Hall–Kier alpha value is -1.75. The first-order valence-corrected chi connectivity index (χ1v) is 4.67. The van der Waals surface area contributed by atoms with Crippen LogP contribution in [0.25, 0.3) is 10.9 Å². The second-order valence-corrected chi connectivity index (χ2v) is 3.59. The van der Waals surface area contributed by atoms with Gasteiger partial charge in [0.15, 0.2) is 0 Å². The van der Waals surface area contributed by atoms with E-state index in [1.807, 2.05) is 6.07 Å². The zero-order valence-corrected chi connectivity index (χ0v) is 8.39. The van der Waals surface area contributed by atoms with Crippen molar-refractivity contribution in [1.29, 1.82) is 5.26 Å². The van der Waals surface area contributed by atoms with Crippen molar-refractivity contribution in [3.05, 3.63) is 35.0 Å². The summed E-state index contributed by atoms with van der Waals surface area (Å²) in [4.78, 5) is 3.32. The van der Waals surface area contributed by atoms with Gasteiger partial charge in [-0.05, 0) is 31.0 Å². The van der Waals surface area contributed by atoms with Crippen molar-refractivity contribution in [3.63, 3.8) is 0 Å². The molecule has 14 heavy (non-hydrogen) atoms. The molecule has 1 aromatic heterocycles. The van der Waals surface area contributed by atoms with Gasteiger partial charge >= 0.3 is 0 Å². The standard InChI is InChI=1S/C12H12N2/c1-8-9(2)14-12-7-10(5-6-13)3-4-11(8)12/h3-4,7,14H,5H2,1-2H3. The highest BCUT2D eigenvalue weighted by atomic mass is 14.7. The Morgan fingerprint density at radius 3 is 2.86 bits per heavy atom. The molecule has 0 aliphatic carbocycles. The molecule has 1 N–H and O–H groups in total. The van der Waals surface area contributed by atoms with E-state index >= 15 is 0 Å². The summed E-state index contributed by atoms with van der Waals surface area (Å²) >= 11 is 0. The van der Waals surface area contributed by atoms with Gasteiger partial charge in [0.2, 0.25) is 0 Å². The van der Waals surface area contributed by atoms with Gasteiger partial charge in [-0.15, -0.1) is 0 Å². The summed E-state index contributed by atoms with van der Waals surface area (Å²) in [6.07, 6.45) is 0.479. The minimum atomic E-state index is 0.479. The summed E-state index contributed by atoms with van der Waals surface area (Å²) < 4.78 is 0. The van der Waals surface area contributed by atoms with Crippen LogP contribution < -0.4 is 0 Å². The van der Waals surface area contributed by atoms with Crippen LogP contribution in [0.3, 0.4) is 0 Å². The monoisotopic (exact) mass is 184 g/mol. The summed E-state index contributed by atoms with van der Waals surface area (Å²) in [6, 6.07) is 8.31. The normalized spacial score (nSPS) is 10.4. The fourth-order valence-corrected chi connectivity index (χ4v) is 1.72. The van der Waals surface area contributed by atoms with Crippen LogP contribution in [-0.2, 0) is 6.42 Å². The second kappa shape index (κ2) is 3.19. The molecule has 1 heterocycles. The zero-order valence-electron chi connectivity index (χ0n) is 8.39. The topological polar surface area (TPSA) is 39.6 Å². The first-order valence-electron chi connectivity index (χ1n) is 4.67. The van der Waals surface area contributed by atoms with Gasteiger partial charge in [-0.25, -0.2) is 0 Å². The molecule has 0 amide bonds. The summed E-state index contributed by atoms with van der Waals surface area (Å²) in [6.45, 7) is 4.18. The van der Waals surface area contributed by atoms with Gasteiger partial charge in [-0.1, -0.05) is 12.1 Å². The Morgan fingerprint density at radius 1 is 1.36 bits per heavy atom. The summed E-state index contributed by atoms with van der Waals surface area (Å²) in [5, 5.41) is 9.85. The molecule has 0 fully saturated rings. The van der Waals surface area contributed by atoms with Gasteiger partial charge in [-0.3, -0.25) is 0 Å². The van der Waals surface area contributed by atoms with Crippen LogP contribution in [0.2, 0.25) is 0 Å². The number of hydrogen-bond donors (Lipinski definition) is 1. The van der Waals surface area contributed by atoms with Crippen molar-refractivity contribution < 1.29 is 0 Å². The van der Waals surface area contributed by atoms with Crippen molar-refractivity contribution in [2.75, 3.05) is 0 Å². The number of nitrogens with one attached hydrogen (secondary N) is 1. The van der Waals surface area contributed by atoms with Crippen molar-refractivity contribution >= 4 is 10.9 Å². The number of aryl methyl sites for hydroxylation is 2. The van der Waals surface area contributed by atoms with Crippen molar-refractivity contribution in [2.45, 2.75) is 20.3 Å². The van der Waals surface area contributed by atoms with E-state index in [0.29, 0.717) is 6.42 Å². The minimum Gasteiger partial charge on any atom is -0.358 e. The second-order valence-electron chi connectivity index (χ2n) is 3.59. The highest BCUT2D eigenvalue weighted by Crippen LogP contribution is 2.22. The molecule has 0 saturated carbocycles. The molecule has 2 nitrogen and oxygen atoms in total. The molecule has 0 aliphatic heterocycles. The highest BCUT2D eigenvalue weighted by molar-refractivity contribution is 5.84. The summed E-state index contributed by atoms with van der Waals surface area (Å²) in [5.74, 6) is 0. The van der Waals surface area contributed by atoms with E-state index < -0.39 is 0 Å². The average Bonchev–Trinajstić information content (AvgIpc) is 2.43. The lowest BCUT2D eigenvalue weighted by Crippen LogP contribution is -1.80. The number of aromatic nitrogens is 1. The number of aromatic amines is 1. The van der Waals surface area contributed by atoms with E-state index in [-0.39, 0.29) is 0 Å². The minimum absolute atomic E-state index is 0.479. The molecule has 1 aromatic carbocycles. The molecule has 0 radical (unpaired) electrons. The van der Waals surface area contributed by atoms with Gasteiger partial charge in [-0.2, -0.15) is 5.26 Å². The SMILES string of the molecule is Cc1[nH]c2cc(CC#N)ccc2c1C. The first-order chi connectivity index (χ1) is 6.72. The average molecular weight is 184 g/mol. The Kier molecular flexibility index (Phi) is 2.01. The fourth-order valence-electron chi connectivity index (χ4n) is 1.72. The molecule has 0 aliphatic rings. The lowest BCUT2D eigenvalue weighted by atomic mass is 10.1. The maximum atomic E-state index is 8.59. The van der Waals surface area contributed by atoms with Crippen LogP contribution in [0, 0.1) is 25.2 Å². The molecule has 0 saturated heterocycles. The van der Waals surface area contributed by atoms with E-state index in [2.05, 4.69) is 37.0 Å². The molecule has 0 atom stereocenters. The number of rotatable bonds is 1. The molecule has 2 heteroatoms. The zero-order chi connectivity index (χ0) is 10.1. The maximum absolute atomic E-state index is 8.59. The quantitative estimate of drug-likeness (QED) is 0.727. The number of hydrogen-bond acceptors (Lipinski definition) is 1. The van der Waals surface area contributed by atoms with Crippen LogP contribution in [0.15, 0.2) is 18.2 Å². The summed E-state index contributed by atoms with van der Waals surface area (Å²) in [5.41, 5.74) is 4.70. The number of nitrogens with zero attached hydrogens (tertiary/aromatic N) is 1. The third-order valence-electron chi connectivity index (χ3n) is 2.66. The number of nitriles is 1. The van der Waals surface area contributed by atoms with E-state index in [0.717, 1.165) is 11.1 Å². The largest absolute Gasteiger partial charge is 0.358 e. The van der Waals surface area contributed by atoms with Crippen molar-refractivity contribution in [3.8, 4) is 6.07 Å². The Balaban J connectivity index is 2.63. The summed E-state index contributed by atoms with van der Waals surface area (Å²) in [7, 11) is 0. The van der Waals surface area contributed by atoms with Crippen LogP contribution in [-0.4, -0.2) is 4.98 Å². The van der Waals surface area contributed by atoms with E-state index in [1.54, 1.807) is 0 Å². The van der Waals surface area contributed by atoms with Gasteiger partial charge in [0.05, 0.1) is 12.5 Å². The molecule has 70 valence electrons. The fraction of sp³-hybridized carbons (Fsp3) is 0.250. The number of fused-ring (bicyclic) bond motifs is 1. The lowest BCUT2D eigenvalue weighted by Gasteiger charge is -1.95. The molecule has 2 rings (SSSR count). The van der Waals surface area contributed by atoms with Gasteiger partial charge < -0.3 is 4.98 Å². The number of H-pyrrole nitrogens is 1. The van der Waals surface area contributed by atoms with Gasteiger partial charge in [0, 0.05) is 16.6 Å². The van der Waals surface area contributed by atoms with E-state index in [4.69, 9.17) is 5.26 Å². The Morgan fingerprint density at radius 2 is 2.14 bits per heavy atom. The predicted molar refractivity (Wildman–Crippen MR) is 57.1 cm³/mol. The van der Waals surface area contributed by atoms with Gasteiger partial charge in [0.1, 0.15) is 0 Å². The third kappa shape index (κ3) is 1.27. The van der Waals surface area contributed by atoms with Crippen LogP contribution in [0.1, 0.15) is 16.8 Å². The first kappa shape index (κ1) is 8.83. The van der Waals surface area contributed by atoms with Crippen LogP contribution in [0.5, 0.6) is 0 Å². The Bertz CT molecular complexity index is 515. The van der Waals surface area contributed by atoms with Crippen molar-refractivity contribution in [2.24, 2.45) is 0 Å². The van der Waals surface area contributed by atoms with E-state index in [9.17, 15) is 0 Å². The van der Waals surface area contributed by atoms with E-state index in [1.165, 1.54) is 16.6 Å². The lowest BCUT2D eigenvalue weighted by molar-refractivity contribution is 1.24. The smallest absolute Gasteiger partial charge is 0.0669 e. The van der Waals surface area contributed by atoms with Crippen molar-refractivity contribution in [1.82, 2.24) is 4.98 Å². The van der Waals surface area contributed by atoms with Crippen LogP contribution >= 0.6 is 0 Å². The Labute approximate surface area is 83.2 Å². The molecule has 0 bridgehead atoms. The van der Waals surface area contributed by atoms with Gasteiger partial charge in [0.25, 0.3) is 0 Å². The molecule has 0 spiro atoms. The molecular weight excluding hydrogens is 172 g/mol. The molecular formula is C12H12N2. The maximum Gasteiger partial charge on any atom is 0.0669 e. The number of benzene rings is 1. The van der Waals surface area contributed by atoms with Crippen LogP contribution in [0.4, 0.5) is 0 Å². The third-order valence-corrected chi connectivity index (χ3v) is 2.66. The molecule has 0 unspecified atom stereocenters. The molecule has 2 aromatic rings. The predicted octanol–water partition coefficient (Wildman–Crippen LogP) is 2.85.